The van der Waals surface area contributed by atoms with Gasteiger partial charge < -0.3 is 20.1 Å². The SMILES string of the molecule is [2H]C([2H])(Oc1nc(N2CC3CCC2CN3)c2cnn(-c3cc(O)cc4ccc(F)c(C#C)c34)c(=O)c2n1)[C@@]12CCCN1C[C@H](F)C2. The zero-order chi connectivity index (χ0) is 32.0. The van der Waals surface area contributed by atoms with E-state index in [0.717, 1.165) is 17.5 Å². The largest absolute Gasteiger partial charge is 0.508 e. The van der Waals surface area contributed by atoms with E-state index in [1.54, 1.807) is 4.90 Å². The lowest BCUT2D eigenvalue weighted by Crippen LogP contribution is -2.61. The third-order valence-corrected chi connectivity index (χ3v) is 9.56. The molecule has 2 bridgehead atoms. The van der Waals surface area contributed by atoms with Crippen LogP contribution in [-0.2, 0) is 0 Å². The van der Waals surface area contributed by atoms with Gasteiger partial charge in [-0.25, -0.2) is 8.78 Å². The molecule has 0 aliphatic carbocycles. The Kier molecular flexibility index (Phi) is 5.75. The number of phenols is 1. The number of hydrogen-bond donors (Lipinski definition) is 2. The van der Waals surface area contributed by atoms with Crippen LogP contribution in [0, 0.1) is 18.2 Å². The van der Waals surface area contributed by atoms with E-state index in [1.807, 2.05) is 0 Å². The average Bonchev–Trinajstić information content (AvgIpc) is 3.59. The van der Waals surface area contributed by atoms with Gasteiger partial charge in [0, 0.05) is 49.6 Å². The molecule has 2 aromatic heterocycles. The third-order valence-electron chi connectivity index (χ3n) is 9.56. The number of nitrogens with one attached hydrogen (secondary N) is 1. The molecule has 0 spiro atoms. The number of piperazine rings is 1. The molecule has 0 radical (unpaired) electrons. The molecule has 44 heavy (non-hydrogen) atoms. The van der Waals surface area contributed by atoms with Crippen molar-refractivity contribution in [1.82, 2.24) is 30.0 Å². The molecule has 4 atom stereocenters. The lowest BCUT2D eigenvalue weighted by Gasteiger charge is -2.46. The van der Waals surface area contributed by atoms with Crippen molar-refractivity contribution >= 4 is 27.5 Å². The summed E-state index contributed by atoms with van der Waals surface area (Å²) in [7, 11) is 0. The topological polar surface area (TPSA) is 109 Å². The second-order valence-corrected chi connectivity index (χ2v) is 12.2. The van der Waals surface area contributed by atoms with Crippen LogP contribution in [0.2, 0.25) is 0 Å². The molecule has 2 unspecified atom stereocenters. The molecule has 0 amide bonds. The van der Waals surface area contributed by atoms with Crippen LogP contribution in [0.25, 0.3) is 27.4 Å². The summed E-state index contributed by atoms with van der Waals surface area (Å²) < 4.78 is 54.5. The molecule has 7 heterocycles. The fraction of sp³-hybridized carbons (Fsp3) is 0.438. The highest BCUT2D eigenvalue weighted by molar-refractivity contribution is 5.97. The maximum atomic E-state index is 14.8. The molecule has 5 aliphatic heterocycles. The van der Waals surface area contributed by atoms with Crippen LogP contribution < -0.4 is 20.5 Å². The van der Waals surface area contributed by atoms with E-state index >= 15 is 0 Å². The number of anilines is 1. The first-order valence-electron chi connectivity index (χ1n) is 15.9. The summed E-state index contributed by atoms with van der Waals surface area (Å²) in [5, 5.41) is 19.4. The fourth-order valence-electron chi connectivity index (χ4n) is 7.50. The van der Waals surface area contributed by atoms with Crippen molar-refractivity contribution < 1.29 is 21.4 Å². The summed E-state index contributed by atoms with van der Waals surface area (Å²) in [4.78, 5) is 27.3. The van der Waals surface area contributed by atoms with Crippen molar-refractivity contribution in [2.45, 2.75) is 55.9 Å². The number of hydrogen-bond acceptors (Lipinski definition) is 9. The van der Waals surface area contributed by atoms with Crippen molar-refractivity contribution in [3.8, 4) is 29.8 Å². The van der Waals surface area contributed by atoms with E-state index < -0.39 is 29.6 Å². The Balaban J connectivity index is 1.32. The highest BCUT2D eigenvalue weighted by atomic mass is 19.1. The number of nitrogens with zero attached hydrogens (tertiary/aromatic N) is 6. The molecule has 5 aliphatic rings. The van der Waals surface area contributed by atoms with Gasteiger partial charge in [0.25, 0.3) is 5.56 Å². The smallest absolute Gasteiger partial charge is 0.319 e. The minimum Gasteiger partial charge on any atom is -0.508 e. The number of piperidine rings is 2. The van der Waals surface area contributed by atoms with Crippen molar-refractivity contribution in [3.63, 3.8) is 0 Å². The number of aromatic nitrogens is 4. The summed E-state index contributed by atoms with van der Waals surface area (Å²) in [6.45, 7) is -0.361. The predicted octanol–water partition coefficient (Wildman–Crippen LogP) is 3.05. The Labute approximate surface area is 254 Å². The normalized spacial score (nSPS) is 27.4. The van der Waals surface area contributed by atoms with Crippen LogP contribution in [0.3, 0.4) is 0 Å². The van der Waals surface area contributed by atoms with Gasteiger partial charge >= 0.3 is 6.01 Å². The number of ether oxygens (including phenoxy) is 1. The summed E-state index contributed by atoms with van der Waals surface area (Å²) in [6.07, 6.45) is 8.91. The van der Waals surface area contributed by atoms with Gasteiger partial charge in [-0.3, -0.25) is 9.69 Å². The zero-order valence-corrected chi connectivity index (χ0v) is 23.8. The fourth-order valence-corrected chi connectivity index (χ4v) is 7.50. The minimum absolute atomic E-state index is 0.0165. The number of halogens is 2. The number of fused-ring (bicyclic) bond motifs is 6. The van der Waals surface area contributed by atoms with E-state index in [4.69, 9.17) is 13.9 Å². The third kappa shape index (κ3) is 4.21. The number of aromatic hydroxyl groups is 1. The first-order valence-corrected chi connectivity index (χ1v) is 14.9. The molecule has 10 nitrogen and oxygen atoms in total. The second kappa shape index (κ2) is 10.1. The summed E-state index contributed by atoms with van der Waals surface area (Å²) >= 11 is 0. The average molecular weight is 602 g/mol. The van der Waals surface area contributed by atoms with Gasteiger partial charge in [0.1, 0.15) is 35.6 Å². The van der Waals surface area contributed by atoms with Crippen molar-refractivity contribution in [3.05, 3.63) is 52.2 Å². The maximum absolute atomic E-state index is 14.8. The lowest BCUT2D eigenvalue weighted by molar-refractivity contribution is 0.107. The highest BCUT2D eigenvalue weighted by Crippen LogP contribution is 2.41. The summed E-state index contributed by atoms with van der Waals surface area (Å²) in [6, 6.07) is 5.25. The molecule has 5 saturated heterocycles. The Bertz CT molecular complexity index is 2010. The molecule has 9 rings (SSSR count). The van der Waals surface area contributed by atoms with E-state index in [2.05, 4.69) is 31.2 Å². The Hall–Kier alpha value is -4.34. The number of terminal acetylenes is 1. The van der Waals surface area contributed by atoms with Gasteiger partial charge in [-0.1, -0.05) is 12.0 Å². The summed E-state index contributed by atoms with van der Waals surface area (Å²) in [5.41, 5.74) is -2.06. The minimum atomic E-state index is -2.37. The number of benzene rings is 2. The maximum Gasteiger partial charge on any atom is 0.319 e. The van der Waals surface area contributed by atoms with Crippen LogP contribution in [0.1, 0.15) is 40.4 Å². The lowest BCUT2D eigenvalue weighted by atomic mass is 9.93. The van der Waals surface area contributed by atoms with Gasteiger partial charge in [0.2, 0.25) is 0 Å². The molecule has 226 valence electrons. The van der Waals surface area contributed by atoms with Crippen molar-refractivity contribution in [2.75, 3.05) is 37.6 Å². The number of alkyl halides is 1. The van der Waals surface area contributed by atoms with Crippen LogP contribution in [0.5, 0.6) is 11.8 Å². The second-order valence-electron chi connectivity index (χ2n) is 12.2. The van der Waals surface area contributed by atoms with Gasteiger partial charge in [-0.15, -0.1) is 6.42 Å². The molecule has 5 fully saturated rings. The van der Waals surface area contributed by atoms with Crippen molar-refractivity contribution in [2.24, 2.45) is 0 Å². The first kappa shape index (κ1) is 25.0. The number of phenolic OH excluding ortho intramolecular Hbond substituents is 1. The molecule has 0 saturated carbocycles. The standard InChI is InChI=1S/C32H31F2N7O3/c1-2-23-25(34)7-4-18-10-22(42)11-26(27(18)23)41-30(43)28-24(14-36-41)29(40-16-20-5-6-21(40)13-35-20)38-31(37-28)44-17-32-8-3-9-39(32)15-19(33)12-32/h1,4,7,10-11,14,19-21,35,42H,3,5-6,8-9,12-13,15-17H2/t19-,20?,21?,32+/m1/s1/i17D2. The van der Waals surface area contributed by atoms with Crippen LogP contribution in [-0.4, -0.2) is 86.3 Å². The van der Waals surface area contributed by atoms with Gasteiger partial charge in [0.15, 0.2) is 0 Å². The van der Waals surface area contributed by atoms with E-state index in [1.165, 1.54) is 30.5 Å². The summed E-state index contributed by atoms with van der Waals surface area (Å²) in [5.74, 6) is 1.87. The molecule has 2 N–H and O–H groups in total. The van der Waals surface area contributed by atoms with Crippen LogP contribution in [0.15, 0.2) is 35.3 Å². The van der Waals surface area contributed by atoms with Gasteiger partial charge in [-0.05, 0) is 49.7 Å². The van der Waals surface area contributed by atoms with E-state index in [9.17, 15) is 18.7 Å². The molecular formula is C32H31F2N7O3. The molecule has 4 aromatic rings. The Morgan fingerprint density at radius 3 is 2.93 bits per heavy atom. The molecular weight excluding hydrogens is 568 g/mol. The van der Waals surface area contributed by atoms with E-state index in [-0.39, 0.29) is 59.0 Å². The van der Waals surface area contributed by atoms with Crippen LogP contribution >= 0.6 is 0 Å². The zero-order valence-electron chi connectivity index (χ0n) is 25.8. The molecule has 2 aromatic carbocycles. The predicted molar refractivity (Wildman–Crippen MR) is 161 cm³/mol. The molecule has 12 heteroatoms. The van der Waals surface area contributed by atoms with Gasteiger partial charge in [-0.2, -0.15) is 19.7 Å². The highest BCUT2D eigenvalue weighted by Gasteiger charge is 2.49. The quantitative estimate of drug-likeness (QED) is 0.334. The Morgan fingerprint density at radius 1 is 1.27 bits per heavy atom. The van der Waals surface area contributed by atoms with Gasteiger partial charge in [0.05, 0.1) is 31.1 Å². The number of rotatable bonds is 5. The first-order chi connectivity index (χ1) is 22.1. The van der Waals surface area contributed by atoms with Crippen molar-refractivity contribution in [1.29, 1.82) is 0 Å². The van der Waals surface area contributed by atoms with E-state index in [0.29, 0.717) is 49.1 Å². The monoisotopic (exact) mass is 601 g/mol. The Morgan fingerprint density at radius 2 is 2.16 bits per heavy atom. The van der Waals surface area contributed by atoms with Crippen LogP contribution in [0.4, 0.5) is 14.6 Å².